The molecule has 0 amide bonds. The molecule has 2 N–H and O–H groups in total. The Balaban J connectivity index is 2.24. The second kappa shape index (κ2) is 6.67. The Kier molecular flexibility index (Phi) is 4.38. The summed E-state index contributed by atoms with van der Waals surface area (Å²) < 4.78 is 9.37. The number of nitrogens with zero attached hydrogens (tertiary/aromatic N) is 1. The maximum atomic E-state index is 12.4. The van der Waals surface area contributed by atoms with Gasteiger partial charge in [-0.3, -0.25) is 14.4 Å². The first-order valence-electron chi connectivity index (χ1n) is 7.38. The molecule has 2 aromatic heterocycles. The molecule has 0 fully saturated rings. The van der Waals surface area contributed by atoms with E-state index in [0.717, 1.165) is 12.1 Å². The number of aromatic carboxylic acids is 1. The topological polar surface area (TPSA) is 153 Å². The molecule has 136 valence electrons. The number of carbonyl (C=O) groups is 5. The molecule has 0 aliphatic heterocycles. The number of ketones is 2. The van der Waals surface area contributed by atoms with Gasteiger partial charge in [0.05, 0.1) is 16.8 Å². The summed E-state index contributed by atoms with van der Waals surface area (Å²) in [7, 11) is 0. The van der Waals surface area contributed by atoms with Crippen LogP contribution in [0.5, 0.6) is 5.88 Å². The van der Waals surface area contributed by atoms with Gasteiger partial charge in [0.15, 0.2) is 0 Å². The number of Topliss-reactive ketones (excluding diaryl/α,β-unsaturated/α-hetero) is 2. The van der Waals surface area contributed by atoms with Crippen LogP contribution in [0.1, 0.15) is 41.7 Å². The van der Waals surface area contributed by atoms with E-state index in [0.29, 0.717) is 0 Å². The lowest BCUT2D eigenvalue weighted by Gasteiger charge is -2.16. The van der Waals surface area contributed by atoms with Crippen molar-refractivity contribution in [3.05, 3.63) is 47.3 Å². The van der Waals surface area contributed by atoms with Gasteiger partial charge in [0.1, 0.15) is 18.0 Å². The van der Waals surface area contributed by atoms with Crippen LogP contribution < -0.4 is 4.74 Å². The molecule has 0 radical (unpaired) electrons. The van der Waals surface area contributed by atoms with Crippen molar-refractivity contribution in [1.82, 2.24) is 9.97 Å². The molecule has 0 spiro atoms. The van der Waals surface area contributed by atoms with Gasteiger partial charge in [-0.2, -0.15) is 0 Å². The highest BCUT2D eigenvalue weighted by Crippen LogP contribution is 2.37. The van der Waals surface area contributed by atoms with Crippen LogP contribution in [0.3, 0.4) is 0 Å². The van der Waals surface area contributed by atoms with Crippen molar-refractivity contribution in [1.29, 1.82) is 0 Å². The van der Waals surface area contributed by atoms with Crippen LogP contribution in [0.15, 0.2) is 24.8 Å². The summed E-state index contributed by atoms with van der Waals surface area (Å²) in [6.45, 7) is 3.32. The highest BCUT2D eigenvalue weighted by molar-refractivity contribution is 6.52. The number of nitrogens with one attached hydrogen (secondary N) is 1. The van der Waals surface area contributed by atoms with Gasteiger partial charge in [-0.25, -0.2) is 14.6 Å². The SMILES string of the molecule is C=CCOC(=O)c1cc2c([nH]1)-c1c(C(=O)O)cc(OC=O)nc1C(=O)C2=O. The van der Waals surface area contributed by atoms with E-state index in [1.165, 1.54) is 6.08 Å². The van der Waals surface area contributed by atoms with Crippen LogP contribution in [0.25, 0.3) is 11.3 Å². The molecule has 0 atom stereocenters. The van der Waals surface area contributed by atoms with Gasteiger partial charge in [0.25, 0.3) is 12.3 Å². The molecule has 10 heteroatoms. The van der Waals surface area contributed by atoms with Crippen LogP contribution in [0.4, 0.5) is 0 Å². The number of aromatic amines is 1. The van der Waals surface area contributed by atoms with E-state index >= 15 is 0 Å². The van der Waals surface area contributed by atoms with Gasteiger partial charge in [-0.1, -0.05) is 12.7 Å². The molecule has 0 saturated heterocycles. The highest BCUT2D eigenvalue weighted by atomic mass is 16.5. The van der Waals surface area contributed by atoms with E-state index in [1.807, 2.05) is 0 Å². The first-order chi connectivity index (χ1) is 12.9. The van der Waals surface area contributed by atoms with Gasteiger partial charge in [-0.15, -0.1) is 0 Å². The summed E-state index contributed by atoms with van der Waals surface area (Å²) in [6, 6.07) is 2.03. The standard InChI is InChI=1S/C17H10N2O8/c1-2-3-26-17(25)9-4-8-12(18-9)11-7(16(23)24)5-10(27-6-20)19-13(11)15(22)14(8)21/h2,4-6,18H,1,3H2,(H,23,24). The zero-order valence-electron chi connectivity index (χ0n) is 13.5. The van der Waals surface area contributed by atoms with Crippen LogP contribution >= 0.6 is 0 Å². The largest absolute Gasteiger partial charge is 0.478 e. The molecule has 0 unspecified atom stereocenters. The van der Waals surface area contributed by atoms with Gasteiger partial charge < -0.3 is 19.6 Å². The molecule has 1 aliphatic carbocycles. The van der Waals surface area contributed by atoms with Crippen LogP contribution in [0.2, 0.25) is 0 Å². The lowest BCUT2D eigenvalue weighted by molar-refractivity contribution is -0.120. The van der Waals surface area contributed by atoms with Crippen molar-refractivity contribution >= 4 is 30.0 Å². The number of pyridine rings is 1. The predicted molar refractivity (Wildman–Crippen MR) is 86.8 cm³/mol. The van der Waals surface area contributed by atoms with E-state index < -0.39 is 40.6 Å². The number of esters is 1. The van der Waals surface area contributed by atoms with Crippen molar-refractivity contribution < 1.29 is 38.6 Å². The third-order valence-corrected chi connectivity index (χ3v) is 3.68. The quantitative estimate of drug-likeness (QED) is 0.328. The Morgan fingerprint density at radius 1 is 1.26 bits per heavy atom. The van der Waals surface area contributed by atoms with E-state index in [4.69, 9.17) is 4.74 Å². The number of carbonyl (C=O) groups excluding carboxylic acids is 4. The third-order valence-electron chi connectivity index (χ3n) is 3.68. The Labute approximate surface area is 150 Å². The first-order valence-corrected chi connectivity index (χ1v) is 7.38. The number of hydrogen-bond donors (Lipinski definition) is 2. The fraction of sp³-hybridized carbons (Fsp3) is 0.0588. The average molecular weight is 370 g/mol. The van der Waals surface area contributed by atoms with Crippen molar-refractivity contribution in [2.45, 2.75) is 0 Å². The summed E-state index contributed by atoms with van der Waals surface area (Å²) in [6.07, 6.45) is 1.34. The Morgan fingerprint density at radius 3 is 2.63 bits per heavy atom. The Bertz CT molecular complexity index is 1030. The average Bonchev–Trinajstić information content (AvgIpc) is 3.09. The van der Waals surface area contributed by atoms with Crippen molar-refractivity contribution in [2.75, 3.05) is 6.61 Å². The molecule has 3 rings (SSSR count). The maximum absolute atomic E-state index is 12.4. The molecule has 1 aliphatic rings. The summed E-state index contributed by atoms with van der Waals surface area (Å²) in [4.78, 5) is 65.2. The molecular formula is C17H10N2O8. The molecule has 27 heavy (non-hydrogen) atoms. The van der Waals surface area contributed by atoms with E-state index in [9.17, 15) is 29.1 Å². The molecule has 2 aromatic rings. The van der Waals surface area contributed by atoms with Gasteiger partial charge in [-0.05, 0) is 6.07 Å². The smallest absolute Gasteiger partial charge is 0.355 e. The van der Waals surface area contributed by atoms with E-state index in [2.05, 4.69) is 21.3 Å². The lowest BCUT2D eigenvalue weighted by atomic mass is 9.89. The molecule has 0 bridgehead atoms. The summed E-state index contributed by atoms with van der Waals surface area (Å²) >= 11 is 0. The maximum Gasteiger partial charge on any atom is 0.355 e. The minimum Gasteiger partial charge on any atom is -0.478 e. The minimum atomic E-state index is -1.46. The Morgan fingerprint density at radius 2 is 2.00 bits per heavy atom. The van der Waals surface area contributed by atoms with Crippen LogP contribution in [-0.4, -0.2) is 51.7 Å². The number of fused-ring (bicyclic) bond motifs is 3. The fourth-order valence-corrected chi connectivity index (χ4v) is 2.60. The van der Waals surface area contributed by atoms with Gasteiger partial charge in [0, 0.05) is 11.6 Å². The van der Waals surface area contributed by atoms with E-state index in [1.54, 1.807) is 0 Å². The van der Waals surface area contributed by atoms with E-state index in [-0.39, 0.29) is 35.6 Å². The van der Waals surface area contributed by atoms with Crippen LogP contribution in [-0.2, 0) is 9.53 Å². The number of hydrogen-bond acceptors (Lipinski definition) is 8. The highest BCUT2D eigenvalue weighted by Gasteiger charge is 2.38. The van der Waals surface area contributed by atoms with Crippen LogP contribution in [0, 0.1) is 0 Å². The summed E-state index contributed by atoms with van der Waals surface area (Å²) in [5.74, 6) is -4.83. The monoisotopic (exact) mass is 370 g/mol. The zero-order chi connectivity index (χ0) is 19.7. The second-order valence-electron chi connectivity index (χ2n) is 5.27. The minimum absolute atomic E-state index is 0.00324. The molecule has 0 aromatic carbocycles. The molecule has 0 saturated carbocycles. The molecule has 2 heterocycles. The second-order valence-corrected chi connectivity index (χ2v) is 5.27. The number of carboxylic acids is 1. The first kappa shape index (κ1) is 17.7. The number of aromatic nitrogens is 2. The normalized spacial score (nSPS) is 12.0. The van der Waals surface area contributed by atoms with Crippen molar-refractivity contribution in [3.8, 4) is 17.1 Å². The molecule has 10 nitrogen and oxygen atoms in total. The number of rotatable bonds is 6. The molecular weight excluding hydrogens is 360 g/mol. The summed E-state index contributed by atoms with van der Waals surface area (Å²) in [5, 5.41) is 9.46. The van der Waals surface area contributed by atoms with Crippen molar-refractivity contribution in [2.24, 2.45) is 0 Å². The zero-order valence-corrected chi connectivity index (χ0v) is 13.5. The van der Waals surface area contributed by atoms with Gasteiger partial charge >= 0.3 is 11.9 Å². The van der Waals surface area contributed by atoms with Gasteiger partial charge in [0.2, 0.25) is 11.7 Å². The third kappa shape index (κ3) is 2.88. The lowest BCUT2D eigenvalue weighted by Crippen LogP contribution is -2.24. The predicted octanol–water partition coefficient (Wildman–Crippen LogP) is 1.03. The summed E-state index contributed by atoms with van der Waals surface area (Å²) in [5.41, 5.74) is -1.54. The number of H-pyrrole nitrogens is 1. The number of ether oxygens (including phenoxy) is 2. The fourth-order valence-electron chi connectivity index (χ4n) is 2.60. The Hall–Kier alpha value is -4.08. The van der Waals surface area contributed by atoms with Crippen molar-refractivity contribution in [3.63, 3.8) is 0 Å². The number of carboxylic acid groups (broad SMARTS) is 1.